The van der Waals surface area contributed by atoms with Gasteiger partial charge in [0.25, 0.3) is 0 Å². The van der Waals surface area contributed by atoms with Crippen molar-refractivity contribution >= 4 is 17.9 Å². The topological polar surface area (TPSA) is 95.7 Å². The molecule has 0 fully saturated rings. The molecule has 19 heavy (non-hydrogen) atoms. The summed E-state index contributed by atoms with van der Waals surface area (Å²) < 4.78 is 9.63. The molecule has 6 nitrogen and oxygen atoms in total. The van der Waals surface area contributed by atoms with Gasteiger partial charge in [-0.15, -0.1) is 0 Å². The van der Waals surface area contributed by atoms with Crippen LogP contribution in [0.25, 0.3) is 0 Å². The van der Waals surface area contributed by atoms with Gasteiger partial charge < -0.3 is 15.2 Å². The van der Waals surface area contributed by atoms with Gasteiger partial charge in [0.2, 0.25) is 5.54 Å². The number of carbonyl (C=O) groups excluding carboxylic acids is 3. The standard InChI is InChI=1S/C13H23NO5/c1-11(2,3)8(15)18-9(16)13(7,14)10(17)19-12(4,5)6/h14H2,1-7H3/t13-/m1/s1. The Morgan fingerprint density at radius 3 is 1.53 bits per heavy atom. The van der Waals surface area contributed by atoms with Crippen LogP contribution in [0.5, 0.6) is 0 Å². The molecule has 0 unspecified atom stereocenters. The average molecular weight is 273 g/mol. The molecule has 0 heterocycles. The van der Waals surface area contributed by atoms with Crippen molar-refractivity contribution in [2.45, 2.75) is 59.6 Å². The van der Waals surface area contributed by atoms with Crippen LogP contribution in [0.4, 0.5) is 0 Å². The Morgan fingerprint density at radius 1 is 0.789 bits per heavy atom. The van der Waals surface area contributed by atoms with Gasteiger partial charge in [-0.25, -0.2) is 9.59 Å². The summed E-state index contributed by atoms with van der Waals surface area (Å²) in [5.41, 5.74) is 1.93. The first-order valence-electron chi connectivity index (χ1n) is 5.97. The summed E-state index contributed by atoms with van der Waals surface area (Å²) in [4.78, 5) is 35.2. The molecule has 0 bridgehead atoms. The highest BCUT2D eigenvalue weighted by molar-refractivity contribution is 6.07. The van der Waals surface area contributed by atoms with E-state index in [1.807, 2.05) is 0 Å². The van der Waals surface area contributed by atoms with Crippen LogP contribution >= 0.6 is 0 Å². The van der Waals surface area contributed by atoms with E-state index >= 15 is 0 Å². The smallest absolute Gasteiger partial charge is 0.345 e. The van der Waals surface area contributed by atoms with Gasteiger partial charge in [-0.3, -0.25) is 4.79 Å². The maximum atomic E-state index is 11.8. The molecular weight excluding hydrogens is 250 g/mol. The lowest BCUT2D eigenvalue weighted by Gasteiger charge is -2.27. The van der Waals surface area contributed by atoms with Crippen molar-refractivity contribution in [3.63, 3.8) is 0 Å². The van der Waals surface area contributed by atoms with Crippen LogP contribution in [0.2, 0.25) is 0 Å². The molecular formula is C13H23NO5. The van der Waals surface area contributed by atoms with E-state index in [4.69, 9.17) is 10.5 Å². The highest BCUT2D eigenvalue weighted by Crippen LogP contribution is 2.18. The lowest BCUT2D eigenvalue weighted by molar-refractivity contribution is -0.176. The minimum absolute atomic E-state index is 0.752. The van der Waals surface area contributed by atoms with Crippen molar-refractivity contribution in [1.82, 2.24) is 0 Å². The highest BCUT2D eigenvalue weighted by Gasteiger charge is 2.44. The maximum absolute atomic E-state index is 11.8. The summed E-state index contributed by atoms with van der Waals surface area (Å²) in [5.74, 6) is -2.81. The molecule has 0 radical (unpaired) electrons. The Labute approximate surface area is 113 Å². The van der Waals surface area contributed by atoms with E-state index in [-0.39, 0.29) is 0 Å². The molecule has 0 saturated heterocycles. The summed E-state index contributed by atoms with van der Waals surface area (Å²) in [6.45, 7) is 10.9. The van der Waals surface area contributed by atoms with Gasteiger partial charge >= 0.3 is 17.9 Å². The normalized spacial score (nSPS) is 15.4. The van der Waals surface area contributed by atoms with E-state index in [1.165, 1.54) is 0 Å². The first kappa shape index (κ1) is 17.6. The Morgan fingerprint density at radius 2 is 1.21 bits per heavy atom. The zero-order valence-corrected chi connectivity index (χ0v) is 12.6. The monoisotopic (exact) mass is 273 g/mol. The molecule has 0 aromatic heterocycles. The molecule has 0 saturated carbocycles. The minimum atomic E-state index is -2.02. The number of carbonyl (C=O) groups is 3. The van der Waals surface area contributed by atoms with Gasteiger partial charge in [0.1, 0.15) is 5.60 Å². The summed E-state index contributed by atoms with van der Waals surface area (Å²) in [6.07, 6.45) is 0. The average Bonchev–Trinajstić information content (AvgIpc) is 2.12. The van der Waals surface area contributed by atoms with E-state index in [0.29, 0.717) is 0 Å². The first-order chi connectivity index (χ1) is 8.18. The quantitative estimate of drug-likeness (QED) is 0.599. The fourth-order valence-corrected chi connectivity index (χ4v) is 0.811. The predicted molar refractivity (Wildman–Crippen MR) is 69.0 cm³/mol. The van der Waals surface area contributed by atoms with Gasteiger partial charge in [-0.05, 0) is 48.5 Å². The van der Waals surface area contributed by atoms with Crippen molar-refractivity contribution < 1.29 is 23.9 Å². The molecule has 0 aliphatic heterocycles. The molecule has 1 atom stereocenters. The number of ether oxygens (including phenoxy) is 2. The molecule has 0 aromatic carbocycles. The zero-order valence-electron chi connectivity index (χ0n) is 12.6. The van der Waals surface area contributed by atoms with E-state index in [2.05, 4.69) is 4.74 Å². The summed E-state index contributed by atoms with van der Waals surface area (Å²) in [7, 11) is 0. The van der Waals surface area contributed by atoms with Gasteiger partial charge in [0.05, 0.1) is 5.41 Å². The summed E-state index contributed by atoms with van der Waals surface area (Å²) in [5, 5.41) is 0. The van der Waals surface area contributed by atoms with Crippen molar-refractivity contribution in [3.8, 4) is 0 Å². The molecule has 0 aliphatic rings. The number of hydrogen-bond donors (Lipinski definition) is 1. The second-order valence-corrected chi connectivity index (χ2v) is 6.63. The van der Waals surface area contributed by atoms with Crippen LogP contribution in [0.15, 0.2) is 0 Å². The number of esters is 3. The molecule has 0 aromatic rings. The third-order valence-electron chi connectivity index (χ3n) is 2.04. The number of rotatable bonds is 2. The molecule has 0 spiro atoms. The molecule has 0 aliphatic carbocycles. The van der Waals surface area contributed by atoms with E-state index in [1.54, 1.807) is 41.5 Å². The second kappa shape index (κ2) is 5.28. The Bertz CT molecular complexity index is 385. The van der Waals surface area contributed by atoms with Crippen LogP contribution < -0.4 is 5.73 Å². The van der Waals surface area contributed by atoms with Gasteiger partial charge in [-0.1, -0.05) is 0 Å². The Hall–Kier alpha value is -1.43. The Kier molecular flexibility index (Phi) is 4.89. The largest absolute Gasteiger partial charge is 0.458 e. The second-order valence-electron chi connectivity index (χ2n) is 6.63. The molecule has 2 N–H and O–H groups in total. The first-order valence-corrected chi connectivity index (χ1v) is 5.97. The van der Waals surface area contributed by atoms with E-state index < -0.39 is 34.5 Å². The van der Waals surface area contributed by atoms with Crippen LogP contribution in [0.3, 0.4) is 0 Å². The minimum Gasteiger partial charge on any atom is -0.458 e. The van der Waals surface area contributed by atoms with Crippen LogP contribution in [-0.2, 0) is 23.9 Å². The van der Waals surface area contributed by atoms with Crippen LogP contribution in [-0.4, -0.2) is 29.0 Å². The molecule has 0 amide bonds. The fourth-order valence-electron chi connectivity index (χ4n) is 0.811. The zero-order chi connectivity index (χ0) is 15.6. The SMILES string of the molecule is CC(C)(C)OC(=O)[C@](C)(N)C(=O)OC(=O)C(C)(C)C. The van der Waals surface area contributed by atoms with Crippen LogP contribution in [0, 0.1) is 5.41 Å². The van der Waals surface area contributed by atoms with Gasteiger partial charge in [-0.2, -0.15) is 0 Å². The fraction of sp³-hybridized carbons (Fsp3) is 0.769. The van der Waals surface area contributed by atoms with Gasteiger partial charge in [0.15, 0.2) is 0 Å². The highest BCUT2D eigenvalue weighted by atomic mass is 16.6. The van der Waals surface area contributed by atoms with Crippen LogP contribution in [0.1, 0.15) is 48.5 Å². The van der Waals surface area contributed by atoms with E-state index in [9.17, 15) is 14.4 Å². The van der Waals surface area contributed by atoms with Crippen molar-refractivity contribution in [2.75, 3.05) is 0 Å². The van der Waals surface area contributed by atoms with E-state index in [0.717, 1.165) is 6.92 Å². The van der Waals surface area contributed by atoms with Crippen molar-refractivity contribution in [1.29, 1.82) is 0 Å². The predicted octanol–water partition coefficient (Wildman–Crippen LogP) is 1.16. The summed E-state index contributed by atoms with van der Waals surface area (Å²) in [6, 6.07) is 0. The lowest BCUT2D eigenvalue weighted by atomic mass is 9.97. The molecule has 6 heteroatoms. The van der Waals surface area contributed by atoms with Crippen molar-refractivity contribution in [3.05, 3.63) is 0 Å². The molecule has 0 rings (SSSR count). The molecule has 110 valence electrons. The number of hydrogen-bond acceptors (Lipinski definition) is 6. The summed E-state index contributed by atoms with van der Waals surface area (Å²) >= 11 is 0. The third kappa shape index (κ3) is 5.38. The van der Waals surface area contributed by atoms with Gasteiger partial charge in [0, 0.05) is 0 Å². The number of nitrogens with two attached hydrogens (primary N) is 1. The maximum Gasteiger partial charge on any atom is 0.345 e. The van der Waals surface area contributed by atoms with Crippen molar-refractivity contribution in [2.24, 2.45) is 11.1 Å². The lowest BCUT2D eigenvalue weighted by Crippen LogP contribution is -2.56. The Balaban J connectivity index is 4.88. The third-order valence-corrected chi connectivity index (χ3v) is 2.04.